The van der Waals surface area contributed by atoms with Crippen molar-refractivity contribution < 1.29 is 29.3 Å². The van der Waals surface area contributed by atoms with Crippen LogP contribution in [0.1, 0.15) is 36.3 Å². The second kappa shape index (κ2) is 9.40. The van der Waals surface area contributed by atoms with Gasteiger partial charge in [-0.25, -0.2) is 9.59 Å². The molecule has 32 heavy (non-hydrogen) atoms. The Morgan fingerprint density at radius 3 is 2.12 bits per heavy atom. The highest BCUT2D eigenvalue weighted by Crippen LogP contribution is 2.44. The van der Waals surface area contributed by atoms with E-state index in [9.17, 15) is 19.5 Å². The summed E-state index contributed by atoms with van der Waals surface area (Å²) in [6, 6.07) is 15.2. The first kappa shape index (κ1) is 21.8. The minimum atomic E-state index is -1.70. The van der Waals surface area contributed by atoms with Crippen molar-refractivity contribution in [1.82, 2.24) is 10.6 Å². The topological polar surface area (TPSA) is 125 Å². The summed E-state index contributed by atoms with van der Waals surface area (Å²) in [5.41, 5.74) is 4.44. The molecular weight excluding hydrogens is 412 g/mol. The van der Waals surface area contributed by atoms with Gasteiger partial charge in [-0.2, -0.15) is 0 Å². The fraction of sp³-hybridized carbons (Fsp3) is 0.375. The van der Waals surface area contributed by atoms with E-state index in [-0.39, 0.29) is 18.4 Å². The monoisotopic (exact) mass is 438 g/mol. The van der Waals surface area contributed by atoms with E-state index in [4.69, 9.17) is 9.84 Å². The molecule has 0 saturated heterocycles. The number of carboxylic acids is 1. The number of fused-ring (bicyclic) bond motifs is 3. The van der Waals surface area contributed by atoms with Crippen LogP contribution in [0.25, 0.3) is 11.1 Å². The zero-order valence-corrected chi connectivity index (χ0v) is 17.5. The second-order valence-electron chi connectivity index (χ2n) is 8.24. The third kappa shape index (κ3) is 4.45. The molecule has 2 atom stereocenters. The quantitative estimate of drug-likeness (QED) is 0.501. The Bertz CT molecular complexity index is 974. The first-order chi connectivity index (χ1) is 15.5. The number of aliphatic hydroxyl groups is 1. The fourth-order valence-electron chi connectivity index (χ4n) is 4.33. The van der Waals surface area contributed by atoms with E-state index in [1.807, 2.05) is 36.4 Å². The summed E-state index contributed by atoms with van der Waals surface area (Å²) >= 11 is 0. The summed E-state index contributed by atoms with van der Waals surface area (Å²) in [5.74, 6) is -2.08. The lowest BCUT2D eigenvalue weighted by atomic mass is 9.79. The van der Waals surface area contributed by atoms with Crippen molar-refractivity contribution in [1.29, 1.82) is 0 Å². The van der Waals surface area contributed by atoms with Crippen LogP contribution in [0.3, 0.4) is 0 Å². The van der Waals surface area contributed by atoms with Gasteiger partial charge in [-0.15, -0.1) is 0 Å². The number of alkyl carbamates (subject to hydrolysis) is 1. The number of carboxylic acid groups (broad SMARTS) is 1. The first-order valence-corrected chi connectivity index (χ1v) is 10.8. The molecule has 4 rings (SSSR count). The van der Waals surface area contributed by atoms with E-state index >= 15 is 0 Å². The van der Waals surface area contributed by atoms with Gasteiger partial charge in [0.05, 0.1) is 6.54 Å². The molecule has 8 heteroatoms. The third-order valence-corrected chi connectivity index (χ3v) is 6.28. The smallest absolute Gasteiger partial charge is 0.407 e. The van der Waals surface area contributed by atoms with Crippen LogP contribution in [0.2, 0.25) is 0 Å². The summed E-state index contributed by atoms with van der Waals surface area (Å²) in [5, 5.41) is 23.2. The van der Waals surface area contributed by atoms with E-state index in [0.717, 1.165) is 41.5 Å². The van der Waals surface area contributed by atoms with E-state index in [1.54, 1.807) is 0 Å². The number of carbonyl (C=O) groups is 3. The third-order valence-electron chi connectivity index (χ3n) is 6.28. The molecule has 1 unspecified atom stereocenters. The summed E-state index contributed by atoms with van der Waals surface area (Å²) in [4.78, 5) is 35.9. The largest absolute Gasteiger partial charge is 0.479 e. The molecule has 0 aromatic heterocycles. The van der Waals surface area contributed by atoms with Gasteiger partial charge in [0.25, 0.3) is 0 Å². The van der Waals surface area contributed by atoms with Gasteiger partial charge in [-0.3, -0.25) is 4.79 Å². The zero-order chi connectivity index (χ0) is 22.7. The lowest BCUT2D eigenvalue weighted by molar-refractivity contribution is -0.146. The minimum Gasteiger partial charge on any atom is -0.479 e. The maximum atomic E-state index is 12.6. The Morgan fingerprint density at radius 2 is 1.59 bits per heavy atom. The van der Waals surface area contributed by atoms with E-state index < -0.39 is 36.7 Å². The Kier molecular flexibility index (Phi) is 6.41. The molecule has 2 aromatic rings. The van der Waals surface area contributed by atoms with Crippen LogP contribution in [0.4, 0.5) is 4.79 Å². The van der Waals surface area contributed by atoms with Crippen LogP contribution in [0, 0.1) is 5.92 Å². The number of ether oxygens (including phenoxy) is 1. The molecule has 1 saturated carbocycles. The van der Waals surface area contributed by atoms with Gasteiger partial charge in [0, 0.05) is 5.92 Å². The molecule has 2 amide bonds. The van der Waals surface area contributed by atoms with Crippen molar-refractivity contribution in [2.24, 2.45) is 5.92 Å². The molecular formula is C24H26N2O6. The van der Waals surface area contributed by atoms with Crippen molar-refractivity contribution in [2.75, 3.05) is 13.2 Å². The highest BCUT2D eigenvalue weighted by atomic mass is 16.5. The fourth-order valence-corrected chi connectivity index (χ4v) is 4.33. The molecule has 2 aromatic carbocycles. The predicted octanol–water partition coefficient (Wildman–Crippen LogP) is 2.26. The molecule has 0 aliphatic heterocycles. The number of hydrogen-bond acceptors (Lipinski definition) is 5. The molecule has 8 nitrogen and oxygen atoms in total. The molecule has 4 N–H and O–H groups in total. The number of aliphatic carboxylic acids is 1. The molecule has 1 fully saturated rings. The average Bonchev–Trinajstić information content (AvgIpc) is 3.08. The number of carbonyl (C=O) groups excluding carboxylic acids is 2. The molecule has 0 radical (unpaired) electrons. The van der Waals surface area contributed by atoms with Crippen molar-refractivity contribution in [3.8, 4) is 11.1 Å². The molecule has 0 bridgehead atoms. The van der Waals surface area contributed by atoms with Crippen LogP contribution < -0.4 is 10.6 Å². The second-order valence-corrected chi connectivity index (χ2v) is 8.24. The molecule has 168 valence electrons. The summed E-state index contributed by atoms with van der Waals surface area (Å²) in [7, 11) is 0. The van der Waals surface area contributed by atoms with Crippen LogP contribution in [-0.2, 0) is 14.3 Å². The van der Waals surface area contributed by atoms with Gasteiger partial charge in [-0.05, 0) is 41.0 Å². The maximum Gasteiger partial charge on any atom is 0.407 e. The number of benzene rings is 2. The van der Waals surface area contributed by atoms with Crippen LogP contribution >= 0.6 is 0 Å². The standard InChI is InChI=1S/C24H26N2O6/c27-20(23(29)30)12-25-22(28)21(14-6-5-7-14)26-24(31)32-13-19-17-10-3-1-8-15(17)16-9-2-4-11-18(16)19/h1-4,8-11,14,19-21,27H,5-7,12-13H2,(H,25,28)(H,26,31)(H,29,30)/t20-,21?/m0/s1. The van der Waals surface area contributed by atoms with Crippen molar-refractivity contribution in [3.05, 3.63) is 59.7 Å². The summed E-state index contributed by atoms with van der Waals surface area (Å²) in [6.07, 6.45) is 0.124. The van der Waals surface area contributed by atoms with Crippen molar-refractivity contribution in [2.45, 2.75) is 37.3 Å². The Balaban J connectivity index is 1.39. The van der Waals surface area contributed by atoms with Gasteiger partial charge in [0.2, 0.25) is 5.91 Å². The number of amides is 2. The lowest BCUT2D eigenvalue weighted by Crippen LogP contribution is -2.54. The summed E-state index contributed by atoms with van der Waals surface area (Å²) < 4.78 is 5.53. The van der Waals surface area contributed by atoms with Crippen molar-refractivity contribution in [3.63, 3.8) is 0 Å². The van der Waals surface area contributed by atoms with Crippen LogP contribution in [0.15, 0.2) is 48.5 Å². The number of aliphatic hydroxyl groups excluding tert-OH is 1. The van der Waals surface area contributed by atoms with E-state index in [1.165, 1.54) is 0 Å². The molecule has 2 aliphatic rings. The van der Waals surface area contributed by atoms with Gasteiger partial charge in [0.1, 0.15) is 12.6 Å². The minimum absolute atomic E-state index is 0.0440. The van der Waals surface area contributed by atoms with Gasteiger partial charge in [-0.1, -0.05) is 55.0 Å². The van der Waals surface area contributed by atoms with E-state index in [0.29, 0.717) is 0 Å². The predicted molar refractivity (Wildman–Crippen MR) is 116 cm³/mol. The Hall–Kier alpha value is -3.39. The Labute approximate surface area is 185 Å². The number of rotatable bonds is 8. The molecule has 0 spiro atoms. The molecule has 0 heterocycles. The van der Waals surface area contributed by atoms with Gasteiger partial charge < -0.3 is 25.6 Å². The van der Waals surface area contributed by atoms with Gasteiger partial charge >= 0.3 is 12.1 Å². The average molecular weight is 438 g/mol. The number of hydrogen-bond donors (Lipinski definition) is 4. The Morgan fingerprint density at radius 1 is 1.00 bits per heavy atom. The first-order valence-electron chi connectivity index (χ1n) is 10.8. The number of nitrogens with one attached hydrogen (secondary N) is 2. The lowest BCUT2D eigenvalue weighted by Gasteiger charge is -2.33. The maximum absolute atomic E-state index is 12.6. The van der Waals surface area contributed by atoms with Crippen molar-refractivity contribution >= 4 is 18.0 Å². The van der Waals surface area contributed by atoms with E-state index in [2.05, 4.69) is 22.8 Å². The van der Waals surface area contributed by atoms with Crippen LogP contribution in [0.5, 0.6) is 0 Å². The SMILES string of the molecule is O=C(NC(C(=O)NC[C@H](O)C(=O)O)C1CCC1)OCC1c2ccccc2-c2ccccc21. The highest BCUT2D eigenvalue weighted by Gasteiger charge is 2.35. The zero-order valence-electron chi connectivity index (χ0n) is 17.5. The normalized spacial score (nSPS) is 16.8. The molecule has 2 aliphatic carbocycles. The van der Waals surface area contributed by atoms with Gasteiger partial charge in [0.15, 0.2) is 6.10 Å². The van der Waals surface area contributed by atoms with Crippen LogP contribution in [-0.4, -0.2) is 53.5 Å². The highest BCUT2D eigenvalue weighted by molar-refractivity contribution is 5.86. The summed E-state index contributed by atoms with van der Waals surface area (Å²) in [6.45, 7) is -0.291.